The van der Waals surface area contributed by atoms with Crippen molar-refractivity contribution in [1.29, 1.82) is 0 Å². The Labute approximate surface area is 200 Å². The first-order chi connectivity index (χ1) is 15.8. The van der Waals surface area contributed by atoms with Crippen LogP contribution >= 0.6 is 11.8 Å². The molecule has 0 bridgehead atoms. The van der Waals surface area contributed by atoms with E-state index in [4.69, 9.17) is 9.73 Å². The summed E-state index contributed by atoms with van der Waals surface area (Å²) in [5.41, 5.74) is 5.81. The van der Waals surface area contributed by atoms with E-state index in [0.29, 0.717) is 31.3 Å². The molecule has 3 rings (SSSR count). The van der Waals surface area contributed by atoms with Crippen LogP contribution in [-0.2, 0) is 14.3 Å². The predicted octanol–water partition coefficient (Wildman–Crippen LogP) is 5.31. The van der Waals surface area contributed by atoms with Gasteiger partial charge in [0.1, 0.15) is 5.25 Å². The number of nitrogens with one attached hydrogen (secondary N) is 1. The average Bonchev–Trinajstić information content (AvgIpc) is 3.05. The maximum absolute atomic E-state index is 13.3. The molecule has 2 aromatic rings. The highest BCUT2D eigenvalue weighted by atomic mass is 32.2. The zero-order valence-electron chi connectivity index (χ0n) is 20.1. The summed E-state index contributed by atoms with van der Waals surface area (Å²) in [6.07, 6.45) is 0.818. The van der Waals surface area contributed by atoms with E-state index in [1.54, 1.807) is 4.90 Å². The summed E-state index contributed by atoms with van der Waals surface area (Å²) in [6, 6.07) is 11.9. The second kappa shape index (κ2) is 11.5. The van der Waals surface area contributed by atoms with Gasteiger partial charge >= 0.3 is 0 Å². The number of nitrogens with zero attached hydrogens (tertiary/aromatic N) is 2. The van der Waals surface area contributed by atoms with E-state index in [0.717, 1.165) is 33.6 Å². The molecule has 6 nitrogen and oxygen atoms in total. The summed E-state index contributed by atoms with van der Waals surface area (Å²) in [4.78, 5) is 32.7. The van der Waals surface area contributed by atoms with Gasteiger partial charge in [-0.2, -0.15) is 0 Å². The topological polar surface area (TPSA) is 71.0 Å². The highest BCUT2D eigenvalue weighted by Gasteiger charge is 2.39. The fourth-order valence-electron chi connectivity index (χ4n) is 3.85. The molecule has 2 amide bonds. The number of rotatable bonds is 9. The quantitative estimate of drug-likeness (QED) is 0.508. The largest absolute Gasteiger partial charge is 0.382 e. The minimum atomic E-state index is -0.496. The molecule has 176 valence electrons. The molecule has 0 aliphatic carbocycles. The molecule has 1 aliphatic rings. The molecule has 0 spiro atoms. The Morgan fingerprint density at radius 2 is 1.67 bits per heavy atom. The van der Waals surface area contributed by atoms with E-state index < -0.39 is 5.25 Å². The summed E-state index contributed by atoms with van der Waals surface area (Å²) >= 11 is 1.37. The lowest BCUT2D eigenvalue weighted by Gasteiger charge is -2.17. The molecule has 0 aromatic heterocycles. The number of amides is 2. The van der Waals surface area contributed by atoms with Crippen LogP contribution in [0.25, 0.3) is 0 Å². The van der Waals surface area contributed by atoms with Crippen molar-refractivity contribution in [3.8, 4) is 0 Å². The third-order valence-electron chi connectivity index (χ3n) is 5.66. The number of ether oxygens (including phenoxy) is 1. The molecule has 1 heterocycles. The Balaban J connectivity index is 1.79. The Morgan fingerprint density at radius 3 is 2.27 bits per heavy atom. The molecule has 1 aliphatic heterocycles. The summed E-state index contributed by atoms with van der Waals surface area (Å²) in [5, 5.41) is 3.16. The van der Waals surface area contributed by atoms with Gasteiger partial charge in [0.15, 0.2) is 5.17 Å². The number of hydrogen-bond donors (Lipinski definition) is 1. The van der Waals surface area contributed by atoms with Crippen LogP contribution in [0.5, 0.6) is 0 Å². The van der Waals surface area contributed by atoms with Gasteiger partial charge in [-0.1, -0.05) is 48.2 Å². The van der Waals surface area contributed by atoms with E-state index in [9.17, 15) is 9.59 Å². The van der Waals surface area contributed by atoms with Crippen LogP contribution in [-0.4, -0.2) is 46.9 Å². The minimum absolute atomic E-state index is 0.0712. The van der Waals surface area contributed by atoms with Gasteiger partial charge in [-0.25, -0.2) is 4.99 Å². The number of amidine groups is 1. The molecule has 1 fully saturated rings. The van der Waals surface area contributed by atoms with Crippen LogP contribution in [0, 0.1) is 27.7 Å². The van der Waals surface area contributed by atoms with Gasteiger partial charge in [0.25, 0.3) is 0 Å². The first kappa shape index (κ1) is 25.0. The van der Waals surface area contributed by atoms with Gasteiger partial charge in [-0.3, -0.25) is 14.5 Å². The zero-order valence-corrected chi connectivity index (χ0v) is 20.9. The highest BCUT2D eigenvalue weighted by Crippen LogP contribution is 2.34. The van der Waals surface area contributed by atoms with Crippen molar-refractivity contribution in [2.45, 2.75) is 52.7 Å². The standard InChI is InChI=1S/C26H33N3O3S/c1-6-32-15-9-14-29-25(31)21(16-22(30)27-23-17(2)10-7-11-18(23)3)33-26(29)28-24-19(4)12-8-13-20(24)5/h7-8,10-13,21H,6,9,14-16H2,1-5H3,(H,27,30). The van der Waals surface area contributed by atoms with Gasteiger partial charge in [0.05, 0.1) is 5.69 Å². The molecule has 0 radical (unpaired) electrons. The summed E-state index contributed by atoms with van der Waals surface area (Å²) in [6.45, 7) is 11.7. The number of anilines is 1. The second-order valence-corrected chi connectivity index (χ2v) is 9.47. The third-order valence-corrected chi connectivity index (χ3v) is 6.83. The fourth-order valence-corrected chi connectivity index (χ4v) is 5.02. The number of para-hydroxylation sites is 2. The van der Waals surface area contributed by atoms with E-state index in [1.807, 2.05) is 71.0 Å². The molecule has 33 heavy (non-hydrogen) atoms. The lowest BCUT2D eigenvalue weighted by Crippen LogP contribution is -2.34. The van der Waals surface area contributed by atoms with Crippen molar-refractivity contribution in [2.24, 2.45) is 4.99 Å². The molecule has 1 saturated heterocycles. The lowest BCUT2D eigenvalue weighted by atomic mass is 10.1. The second-order valence-electron chi connectivity index (χ2n) is 8.30. The minimum Gasteiger partial charge on any atom is -0.382 e. The van der Waals surface area contributed by atoms with E-state index in [1.165, 1.54) is 11.8 Å². The average molecular weight is 468 g/mol. The van der Waals surface area contributed by atoms with Crippen LogP contribution in [0.3, 0.4) is 0 Å². The molecule has 1 N–H and O–H groups in total. The fraction of sp³-hybridized carbons (Fsp3) is 0.423. The molecule has 1 unspecified atom stereocenters. The SMILES string of the molecule is CCOCCCN1C(=O)C(CC(=O)Nc2c(C)cccc2C)SC1=Nc1c(C)cccc1C. The summed E-state index contributed by atoms with van der Waals surface area (Å²) < 4.78 is 5.45. The van der Waals surface area contributed by atoms with Crippen molar-refractivity contribution >= 4 is 40.1 Å². The Hall–Kier alpha value is -2.64. The van der Waals surface area contributed by atoms with Crippen molar-refractivity contribution in [2.75, 3.05) is 25.1 Å². The lowest BCUT2D eigenvalue weighted by molar-refractivity contribution is -0.128. The third kappa shape index (κ3) is 6.24. The van der Waals surface area contributed by atoms with Gasteiger partial charge in [0, 0.05) is 31.9 Å². The molecule has 0 saturated carbocycles. The Morgan fingerprint density at radius 1 is 1.06 bits per heavy atom. The number of carbonyl (C=O) groups excluding carboxylic acids is 2. The monoisotopic (exact) mass is 467 g/mol. The van der Waals surface area contributed by atoms with Gasteiger partial charge < -0.3 is 10.1 Å². The van der Waals surface area contributed by atoms with Crippen LogP contribution in [0.1, 0.15) is 42.0 Å². The van der Waals surface area contributed by atoms with Gasteiger partial charge in [-0.05, 0) is 63.3 Å². The van der Waals surface area contributed by atoms with E-state index in [-0.39, 0.29) is 18.2 Å². The highest BCUT2D eigenvalue weighted by molar-refractivity contribution is 8.15. The van der Waals surface area contributed by atoms with Crippen LogP contribution < -0.4 is 5.32 Å². The summed E-state index contributed by atoms with van der Waals surface area (Å²) in [7, 11) is 0. The smallest absolute Gasteiger partial charge is 0.242 e. The molecular formula is C26H33N3O3S. The Kier molecular flexibility index (Phi) is 8.69. The summed E-state index contributed by atoms with van der Waals surface area (Å²) in [5.74, 6) is -0.237. The van der Waals surface area contributed by atoms with Gasteiger partial charge in [-0.15, -0.1) is 0 Å². The number of carbonyl (C=O) groups is 2. The molecule has 2 aromatic carbocycles. The first-order valence-corrected chi connectivity index (χ1v) is 12.3. The molecular weight excluding hydrogens is 434 g/mol. The predicted molar refractivity (Wildman–Crippen MR) is 136 cm³/mol. The number of aliphatic imine (C=N–C) groups is 1. The number of aryl methyl sites for hydroxylation is 4. The Bertz CT molecular complexity index is 1010. The van der Waals surface area contributed by atoms with Crippen molar-refractivity contribution in [3.63, 3.8) is 0 Å². The number of hydrogen-bond acceptors (Lipinski definition) is 5. The maximum Gasteiger partial charge on any atom is 0.242 e. The van der Waals surface area contributed by atoms with E-state index >= 15 is 0 Å². The zero-order chi connectivity index (χ0) is 24.0. The number of thioether (sulfide) groups is 1. The van der Waals surface area contributed by atoms with Gasteiger partial charge in [0.2, 0.25) is 11.8 Å². The van der Waals surface area contributed by atoms with Crippen LogP contribution in [0.15, 0.2) is 41.4 Å². The molecule has 7 heteroatoms. The normalized spacial score (nSPS) is 17.1. The van der Waals surface area contributed by atoms with Crippen molar-refractivity contribution in [1.82, 2.24) is 4.90 Å². The van der Waals surface area contributed by atoms with Crippen molar-refractivity contribution in [3.05, 3.63) is 58.7 Å². The molecule has 1 atom stereocenters. The van der Waals surface area contributed by atoms with E-state index in [2.05, 4.69) is 5.32 Å². The maximum atomic E-state index is 13.3. The first-order valence-electron chi connectivity index (χ1n) is 11.4. The van der Waals surface area contributed by atoms with Crippen LogP contribution in [0.2, 0.25) is 0 Å². The van der Waals surface area contributed by atoms with Crippen LogP contribution in [0.4, 0.5) is 11.4 Å². The van der Waals surface area contributed by atoms with Crippen molar-refractivity contribution < 1.29 is 14.3 Å². The number of benzene rings is 2.